The van der Waals surface area contributed by atoms with Crippen LogP contribution < -0.4 is 5.32 Å². The first-order valence-electron chi connectivity index (χ1n) is 6.71. The Kier molecular flexibility index (Phi) is 2.86. The lowest BCUT2D eigenvalue weighted by molar-refractivity contribution is -0.157. The van der Waals surface area contributed by atoms with Gasteiger partial charge in [0.2, 0.25) is 0 Å². The summed E-state index contributed by atoms with van der Waals surface area (Å²) in [5.74, 6) is 0.421. The SMILES string of the molecule is CCOC(=O)[C@@]12CNC[C@@H](C1)c1ccccc1C2. The summed E-state index contributed by atoms with van der Waals surface area (Å²) in [6.45, 7) is 4.06. The second-order valence-corrected chi connectivity index (χ2v) is 5.41. The van der Waals surface area contributed by atoms with E-state index in [1.165, 1.54) is 11.1 Å². The Morgan fingerprint density at radius 3 is 3.17 bits per heavy atom. The first-order valence-corrected chi connectivity index (χ1v) is 6.71. The summed E-state index contributed by atoms with van der Waals surface area (Å²) in [7, 11) is 0. The standard InChI is InChI=1S/C15H19NO2/c1-2-18-14(17)15-7-11-5-3-4-6-13(11)12(8-15)9-16-10-15/h3-6,12,16H,2,7-10H2,1H3/t12-,15-/m1/s1. The van der Waals surface area contributed by atoms with Crippen molar-refractivity contribution in [3.63, 3.8) is 0 Å². The number of nitrogens with one attached hydrogen (secondary N) is 1. The highest BCUT2D eigenvalue weighted by Crippen LogP contribution is 2.44. The summed E-state index contributed by atoms with van der Waals surface area (Å²) in [6, 6.07) is 8.50. The van der Waals surface area contributed by atoms with Gasteiger partial charge in [-0.05, 0) is 36.8 Å². The van der Waals surface area contributed by atoms with Gasteiger partial charge in [-0.2, -0.15) is 0 Å². The normalized spacial score (nSPS) is 29.5. The predicted molar refractivity (Wildman–Crippen MR) is 69.4 cm³/mol. The zero-order valence-corrected chi connectivity index (χ0v) is 10.7. The van der Waals surface area contributed by atoms with Crippen molar-refractivity contribution in [3.8, 4) is 0 Å². The van der Waals surface area contributed by atoms with Crippen LogP contribution in [0.5, 0.6) is 0 Å². The Morgan fingerprint density at radius 1 is 1.50 bits per heavy atom. The lowest BCUT2D eigenvalue weighted by Crippen LogP contribution is -2.52. The predicted octanol–water partition coefficient (Wildman–Crippen LogP) is 1.87. The second-order valence-electron chi connectivity index (χ2n) is 5.41. The molecule has 1 fully saturated rings. The maximum atomic E-state index is 12.3. The molecule has 0 aromatic heterocycles. The van der Waals surface area contributed by atoms with Crippen molar-refractivity contribution in [2.75, 3.05) is 19.7 Å². The number of benzene rings is 1. The molecule has 18 heavy (non-hydrogen) atoms. The van der Waals surface area contributed by atoms with Gasteiger partial charge in [0, 0.05) is 13.1 Å². The molecule has 3 nitrogen and oxygen atoms in total. The third-order valence-electron chi connectivity index (χ3n) is 4.22. The largest absolute Gasteiger partial charge is 0.466 e. The smallest absolute Gasteiger partial charge is 0.313 e. The van der Waals surface area contributed by atoms with Crippen molar-refractivity contribution >= 4 is 5.97 Å². The Morgan fingerprint density at radius 2 is 2.33 bits per heavy atom. The fourth-order valence-corrected chi connectivity index (χ4v) is 3.43. The van der Waals surface area contributed by atoms with Gasteiger partial charge in [-0.3, -0.25) is 4.79 Å². The fourth-order valence-electron chi connectivity index (χ4n) is 3.43. The first-order chi connectivity index (χ1) is 8.75. The zero-order valence-electron chi connectivity index (χ0n) is 10.7. The Bertz CT molecular complexity index is 471. The van der Waals surface area contributed by atoms with Crippen LogP contribution in [-0.2, 0) is 16.0 Å². The van der Waals surface area contributed by atoms with E-state index in [0.717, 1.165) is 25.9 Å². The maximum absolute atomic E-state index is 12.3. The molecule has 1 saturated heterocycles. The van der Waals surface area contributed by atoms with Crippen LogP contribution in [0.2, 0.25) is 0 Å². The van der Waals surface area contributed by atoms with Gasteiger partial charge in [0.15, 0.2) is 0 Å². The fraction of sp³-hybridized carbons (Fsp3) is 0.533. The quantitative estimate of drug-likeness (QED) is 0.808. The molecule has 2 atom stereocenters. The topological polar surface area (TPSA) is 38.3 Å². The van der Waals surface area contributed by atoms with Crippen molar-refractivity contribution in [1.82, 2.24) is 5.32 Å². The monoisotopic (exact) mass is 245 g/mol. The van der Waals surface area contributed by atoms with Crippen molar-refractivity contribution in [1.29, 1.82) is 0 Å². The van der Waals surface area contributed by atoms with Crippen molar-refractivity contribution in [3.05, 3.63) is 35.4 Å². The van der Waals surface area contributed by atoms with E-state index < -0.39 is 0 Å². The molecule has 1 aromatic rings. The Labute approximate surface area is 108 Å². The number of carbonyl (C=O) groups is 1. The van der Waals surface area contributed by atoms with Crippen LogP contribution in [-0.4, -0.2) is 25.7 Å². The van der Waals surface area contributed by atoms with Crippen LogP contribution >= 0.6 is 0 Å². The number of esters is 1. The van der Waals surface area contributed by atoms with Gasteiger partial charge in [-0.15, -0.1) is 0 Å². The van der Waals surface area contributed by atoms with E-state index in [-0.39, 0.29) is 11.4 Å². The average molecular weight is 245 g/mol. The van der Waals surface area contributed by atoms with Gasteiger partial charge in [-0.25, -0.2) is 0 Å². The molecule has 3 heteroatoms. The molecular weight excluding hydrogens is 226 g/mol. The number of carbonyl (C=O) groups excluding carboxylic acids is 1. The highest BCUT2D eigenvalue weighted by Gasteiger charge is 2.48. The summed E-state index contributed by atoms with van der Waals surface area (Å²) < 4.78 is 5.29. The van der Waals surface area contributed by atoms with Crippen LogP contribution in [0.15, 0.2) is 24.3 Å². The van der Waals surface area contributed by atoms with Gasteiger partial charge in [0.1, 0.15) is 0 Å². The van der Waals surface area contributed by atoms with Gasteiger partial charge in [0.25, 0.3) is 0 Å². The molecule has 1 aromatic carbocycles. The minimum Gasteiger partial charge on any atom is -0.466 e. The third-order valence-corrected chi connectivity index (χ3v) is 4.22. The first kappa shape index (κ1) is 11.7. The summed E-state index contributed by atoms with van der Waals surface area (Å²) in [5, 5.41) is 3.41. The molecule has 2 aliphatic rings. The minimum atomic E-state index is -0.340. The number of piperidine rings is 1. The molecule has 1 N–H and O–H groups in total. The van der Waals surface area contributed by atoms with Gasteiger partial charge < -0.3 is 10.1 Å². The van der Waals surface area contributed by atoms with E-state index in [1.54, 1.807) is 0 Å². The van der Waals surface area contributed by atoms with Crippen LogP contribution in [0.4, 0.5) is 0 Å². The summed E-state index contributed by atoms with van der Waals surface area (Å²) in [5.41, 5.74) is 2.39. The van der Waals surface area contributed by atoms with E-state index in [2.05, 4.69) is 29.6 Å². The average Bonchev–Trinajstić information content (AvgIpc) is 2.39. The van der Waals surface area contributed by atoms with E-state index in [1.807, 2.05) is 6.92 Å². The van der Waals surface area contributed by atoms with Crippen LogP contribution in [0.3, 0.4) is 0 Å². The van der Waals surface area contributed by atoms with Gasteiger partial charge in [0.05, 0.1) is 12.0 Å². The lowest BCUT2D eigenvalue weighted by atomic mass is 9.65. The molecule has 96 valence electrons. The molecule has 1 aliphatic carbocycles. The van der Waals surface area contributed by atoms with Crippen LogP contribution in [0, 0.1) is 5.41 Å². The molecule has 0 spiro atoms. The number of rotatable bonds is 2. The third kappa shape index (κ3) is 1.74. The zero-order chi connectivity index (χ0) is 12.6. The molecule has 1 aliphatic heterocycles. The number of ether oxygens (including phenoxy) is 1. The van der Waals surface area contributed by atoms with Gasteiger partial charge >= 0.3 is 5.97 Å². The Balaban J connectivity index is 1.97. The van der Waals surface area contributed by atoms with Crippen molar-refractivity contribution in [2.45, 2.75) is 25.7 Å². The molecule has 0 unspecified atom stereocenters. The summed E-state index contributed by atoms with van der Waals surface area (Å²) in [6.07, 6.45) is 1.74. The van der Waals surface area contributed by atoms with E-state index in [0.29, 0.717) is 12.5 Å². The molecule has 0 amide bonds. The Hall–Kier alpha value is -1.35. The lowest BCUT2D eigenvalue weighted by Gasteiger charge is -2.44. The van der Waals surface area contributed by atoms with E-state index in [9.17, 15) is 4.79 Å². The molecule has 3 rings (SSSR count). The van der Waals surface area contributed by atoms with Gasteiger partial charge in [-0.1, -0.05) is 24.3 Å². The van der Waals surface area contributed by atoms with E-state index >= 15 is 0 Å². The highest BCUT2D eigenvalue weighted by atomic mass is 16.5. The van der Waals surface area contributed by atoms with E-state index in [4.69, 9.17) is 4.74 Å². The maximum Gasteiger partial charge on any atom is 0.313 e. The molecular formula is C15H19NO2. The number of hydrogen-bond donors (Lipinski definition) is 1. The summed E-state index contributed by atoms with van der Waals surface area (Å²) >= 11 is 0. The second kappa shape index (κ2) is 4.39. The minimum absolute atomic E-state index is 0.0308. The highest BCUT2D eigenvalue weighted by molar-refractivity contribution is 5.78. The molecule has 0 radical (unpaired) electrons. The van der Waals surface area contributed by atoms with Crippen molar-refractivity contribution in [2.24, 2.45) is 5.41 Å². The van der Waals surface area contributed by atoms with Crippen LogP contribution in [0.1, 0.15) is 30.4 Å². The molecule has 2 bridgehead atoms. The van der Waals surface area contributed by atoms with Crippen molar-refractivity contribution < 1.29 is 9.53 Å². The van der Waals surface area contributed by atoms with Crippen LogP contribution in [0.25, 0.3) is 0 Å². The number of fused-ring (bicyclic) bond motifs is 4. The summed E-state index contributed by atoms with van der Waals surface area (Å²) in [4.78, 5) is 12.3. The molecule has 1 heterocycles. The number of hydrogen-bond acceptors (Lipinski definition) is 3. The molecule has 0 saturated carbocycles.